The predicted molar refractivity (Wildman–Crippen MR) is 107 cm³/mol. The van der Waals surface area contributed by atoms with Crippen molar-refractivity contribution in [1.29, 1.82) is 0 Å². The maximum absolute atomic E-state index is 12.6. The number of hydrogen-bond donors (Lipinski definition) is 1. The molecule has 3 rings (SSSR count). The van der Waals surface area contributed by atoms with Crippen molar-refractivity contribution in [2.45, 2.75) is 52.5 Å². The van der Waals surface area contributed by atoms with Gasteiger partial charge < -0.3 is 5.32 Å². The molecule has 26 heavy (non-hydrogen) atoms. The van der Waals surface area contributed by atoms with Crippen LogP contribution in [0.3, 0.4) is 0 Å². The first-order chi connectivity index (χ1) is 12.3. The number of pyridine rings is 1. The van der Waals surface area contributed by atoms with Gasteiger partial charge in [-0.1, -0.05) is 44.5 Å². The summed E-state index contributed by atoms with van der Waals surface area (Å²) in [4.78, 5) is 16.9. The van der Waals surface area contributed by atoms with Crippen LogP contribution in [-0.4, -0.2) is 16.9 Å². The van der Waals surface area contributed by atoms with E-state index in [0.29, 0.717) is 16.0 Å². The molecule has 1 aromatic carbocycles. The highest BCUT2D eigenvalue weighted by Crippen LogP contribution is 2.37. The van der Waals surface area contributed by atoms with Crippen molar-refractivity contribution in [3.63, 3.8) is 0 Å². The van der Waals surface area contributed by atoms with E-state index in [-0.39, 0.29) is 11.9 Å². The zero-order chi connectivity index (χ0) is 18.7. The van der Waals surface area contributed by atoms with Gasteiger partial charge in [-0.05, 0) is 61.3 Å². The Kier molecular flexibility index (Phi) is 5.67. The van der Waals surface area contributed by atoms with Crippen molar-refractivity contribution < 1.29 is 4.79 Å². The predicted octanol–water partition coefficient (Wildman–Crippen LogP) is 5.74. The van der Waals surface area contributed by atoms with Gasteiger partial charge in [0.05, 0.1) is 10.7 Å². The minimum atomic E-state index is 0.00266. The molecule has 3 nitrogen and oxygen atoms in total. The molecule has 1 saturated carbocycles. The molecule has 1 aliphatic carbocycles. The summed E-state index contributed by atoms with van der Waals surface area (Å²) in [7, 11) is 0. The molecule has 1 amide bonds. The lowest BCUT2D eigenvalue weighted by molar-refractivity contribution is 0.0904. The molecule has 0 aliphatic heterocycles. The summed E-state index contributed by atoms with van der Waals surface area (Å²) in [6, 6.07) is 11.4. The summed E-state index contributed by atoms with van der Waals surface area (Å²) < 4.78 is 0. The molecule has 1 heterocycles. The Morgan fingerprint density at radius 1 is 1.08 bits per heavy atom. The van der Waals surface area contributed by atoms with Crippen LogP contribution in [0.15, 0.2) is 42.6 Å². The van der Waals surface area contributed by atoms with Crippen molar-refractivity contribution in [3.05, 3.63) is 53.2 Å². The Labute approximate surface area is 161 Å². The van der Waals surface area contributed by atoms with E-state index in [1.54, 1.807) is 6.20 Å². The van der Waals surface area contributed by atoms with Crippen LogP contribution >= 0.6 is 11.6 Å². The van der Waals surface area contributed by atoms with E-state index in [1.165, 1.54) is 12.8 Å². The molecule has 0 saturated heterocycles. The summed E-state index contributed by atoms with van der Waals surface area (Å²) in [5.41, 5.74) is 2.69. The standard InChI is InChI=1S/C22H27ClN2O/c1-22(2,3)17-10-12-18(13-11-17)25-21(26)16-8-6-15(7-9-16)20-19(23)5-4-14-24-20/h4-9,14,17-18H,10-13H2,1-3H3,(H,25,26)/t17-,18+. The summed E-state index contributed by atoms with van der Waals surface area (Å²) in [6.45, 7) is 6.93. The zero-order valence-corrected chi connectivity index (χ0v) is 16.5. The van der Waals surface area contributed by atoms with Gasteiger partial charge >= 0.3 is 0 Å². The minimum Gasteiger partial charge on any atom is -0.349 e. The van der Waals surface area contributed by atoms with Gasteiger partial charge in [0.1, 0.15) is 0 Å². The number of halogens is 1. The number of rotatable bonds is 3. The number of nitrogens with one attached hydrogen (secondary N) is 1. The molecule has 0 bridgehead atoms. The van der Waals surface area contributed by atoms with Crippen molar-refractivity contribution >= 4 is 17.5 Å². The average Bonchev–Trinajstić information content (AvgIpc) is 2.62. The maximum atomic E-state index is 12.6. The molecule has 1 N–H and O–H groups in total. The third-order valence-electron chi connectivity index (χ3n) is 5.47. The number of nitrogens with zero attached hydrogens (tertiary/aromatic N) is 1. The van der Waals surface area contributed by atoms with Gasteiger partial charge in [-0.2, -0.15) is 0 Å². The van der Waals surface area contributed by atoms with Crippen molar-refractivity contribution in [1.82, 2.24) is 10.3 Å². The van der Waals surface area contributed by atoms with Gasteiger partial charge in [-0.3, -0.25) is 9.78 Å². The quantitative estimate of drug-likeness (QED) is 0.748. The second kappa shape index (κ2) is 7.79. The smallest absolute Gasteiger partial charge is 0.251 e. The van der Waals surface area contributed by atoms with E-state index >= 15 is 0 Å². The second-order valence-corrected chi connectivity index (χ2v) is 8.71. The fraction of sp³-hybridized carbons (Fsp3) is 0.455. The van der Waals surface area contributed by atoms with Crippen LogP contribution in [0.4, 0.5) is 0 Å². The first kappa shape index (κ1) is 18.9. The van der Waals surface area contributed by atoms with Crippen LogP contribution in [0.2, 0.25) is 5.02 Å². The van der Waals surface area contributed by atoms with E-state index in [2.05, 4.69) is 31.1 Å². The molecular weight excluding hydrogens is 344 g/mol. The van der Waals surface area contributed by atoms with Crippen molar-refractivity contribution in [2.75, 3.05) is 0 Å². The van der Waals surface area contributed by atoms with E-state index < -0.39 is 0 Å². The fourth-order valence-corrected chi connectivity index (χ4v) is 3.98. The highest BCUT2D eigenvalue weighted by molar-refractivity contribution is 6.33. The van der Waals surface area contributed by atoms with Gasteiger partial charge in [0.2, 0.25) is 0 Å². The molecule has 4 heteroatoms. The molecular formula is C22H27ClN2O. The summed E-state index contributed by atoms with van der Waals surface area (Å²) in [5, 5.41) is 3.81. The first-order valence-corrected chi connectivity index (χ1v) is 9.74. The third kappa shape index (κ3) is 4.45. The normalized spacial score (nSPS) is 20.6. The lowest BCUT2D eigenvalue weighted by atomic mass is 9.71. The van der Waals surface area contributed by atoms with E-state index in [1.807, 2.05) is 36.4 Å². The van der Waals surface area contributed by atoms with Crippen LogP contribution < -0.4 is 5.32 Å². The molecule has 0 spiro atoms. The molecule has 138 valence electrons. The van der Waals surface area contributed by atoms with Gasteiger partial charge in [0, 0.05) is 23.4 Å². The number of amides is 1. The first-order valence-electron chi connectivity index (χ1n) is 9.36. The fourth-order valence-electron chi connectivity index (χ4n) is 3.75. The average molecular weight is 371 g/mol. The van der Waals surface area contributed by atoms with Gasteiger partial charge in [0.25, 0.3) is 5.91 Å². The number of carbonyl (C=O) groups is 1. The molecule has 1 fully saturated rings. The van der Waals surface area contributed by atoms with Gasteiger partial charge in [0.15, 0.2) is 0 Å². The molecule has 1 aromatic heterocycles. The van der Waals surface area contributed by atoms with Crippen LogP contribution in [0.25, 0.3) is 11.3 Å². The Morgan fingerprint density at radius 2 is 1.73 bits per heavy atom. The summed E-state index contributed by atoms with van der Waals surface area (Å²) in [6.07, 6.45) is 6.22. The number of benzene rings is 1. The molecule has 0 atom stereocenters. The molecule has 0 unspecified atom stereocenters. The lowest BCUT2D eigenvalue weighted by Crippen LogP contribution is -2.39. The molecule has 1 aliphatic rings. The van der Waals surface area contributed by atoms with E-state index in [9.17, 15) is 4.79 Å². The Balaban J connectivity index is 1.60. The maximum Gasteiger partial charge on any atom is 0.251 e. The molecule has 0 radical (unpaired) electrons. The van der Waals surface area contributed by atoms with E-state index in [4.69, 9.17) is 11.6 Å². The number of carbonyl (C=O) groups excluding carboxylic acids is 1. The van der Waals surface area contributed by atoms with Crippen LogP contribution in [-0.2, 0) is 0 Å². The third-order valence-corrected chi connectivity index (χ3v) is 5.77. The number of hydrogen-bond acceptors (Lipinski definition) is 2. The zero-order valence-electron chi connectivity index (χ0n) is 15.8. The number of aromatic nitrogens is 1. The largest absolute Gasteiger partial charge is 0.349 e. The van der Waals surface area contributed by atoms with Crippen LogP contribution in [0, 0.1) is 11.3 Å². The van der Waals surface area contributed by atoms with Gasteiger partial charge in [-0.15, -0.1) is 0 Å². The Hall–Kier alpha value is -1.87. The lowest BCUT2D eigenvalue weighted by Gasteiger charge is -2.37. The van der Waals surface area contributed by atoms with Crippen LogP contribution in [0.1, 0.15) is 56.8 Å². The molecule has 2 aromatic rings. The Bertz CT molecular complexity index is 756. The monoisotopic (exact) mass is 370 g/mol. The van der Waals surface area contributed by atoms with Crippen molar-refractivity contribution in [2.24, 2.45) is 11.3 Å². The van der Waals surface area contributed by atoms with Gasteiger partial charge in [-0.25, -0.2) is 0 Å². The summed E-state index contributed by atoms with van der Waals surface area (Å²) >= 11 is 6.19. The highest BCUT2D eigenvalue weighted by atomic mass is 35.5. The van der Waals surface area contributed by atoms with E-state index in [0.717, 1.165) is 30.0 Å². The minimum absolute atomic E-state index is 0.00266. The SMILES string of the molecule is CC(C)(C)[C@H]1CC[C@@H](NC(=O)c2ccc(-c3ncccc3Cl)cc2)CC1. The Morgan fingerprint density at radius 3 is 2.31 bits per heavy atom. The van der Waals surface area contributed by atoms with Crippen molar-refractivity contribution in [3.8, 4) is 11.3 Å². The summed E-state index contributed by atoms with van der Waals surface area (Å²) in [5.74, 6) is 0.751. The highest BCUT2D eigenvalue weighted by Gasteiger charge is 2.30. The van der Waals surface area contributed by atoms with Crippen LogP contribution in [0.5, 0.6) is 0 Å². The topological polar surface area (TPSA) is 42.0 Å². The second-order valence-electron chi connectivity index (χ2n) is 8.30.